The number of methoxy groups -OCH3 is 1. The number of hydrogen-bond acceptors (Lipinski definition) is 5. The van der Waals surface area contributed by atoms with Crippen LogP contribution in [0.5, 0.6) is 5.75 Å². The van der Waals surface area contributed by atoms with Crippen molar-refractivity contribution in [1.82, 2.24) is 9.97 Å². The molecule has 1 fully saturated rings. The van der Waals surface area contributed by atoms with E-state index >= 15 is 0 Å². The van der Waals surface area contributed by atoms with Crippen molar-refractivity contribution in [2.24, 2.45) is 5.73 Å². The fourth-order valence-electron chi connectivity index (χ4n) is 3.64. The van der Waals surface area contributed by atoms with Gasteiger partial charge in [-0.1, -0.05) is 6.07 Å². The third-order valence-electron chi connectivity index (χ3n) is 4.98. The lowest BCUT2D eigenvalue weighted by Gasteiger charge is -2.33. The van der Waals surface area contributed by atoms with Crippen LogP contribution in [0.1, 0.15) is 23.2 Å². The summed E-state index contributed by atoms with van der Waals surface area (Å²) in [4.78, 5) is 22.7. The van der Waals surface area contributed by atoms with Crippen LogP contribution in [0, 0.1) is 0 Å². The lowest BCUT2D eigenvalue weighted by molar-refractivity contribution is 0.102. The zero-order chi connectivity index (χ0) is 19.7. The molecule has 2 aromatic heterocycles. The number of anilines is 2. The molecule has 0 aliphatic carbocycles. The number of piperidine rings is 1. The quantitative estimate of drug-likeness (QED) is 0.573. The van der Waals surface area contributed by atoms with Crippen molar-refractivity contribution in [1.29, 1.82) is 0 Å². The van der Waals surface area contributed by atoms with Crippen LogP contribution in [0.4, 0.5) is 11.4 Å². The first-order chi connectivity index (χ1) is 13.6. The average molecular weight is 444 g/mol. The number of hydrogen-bond donors (Lipinski definition) is 3. The van der Waals surface area contributed by atoms with Gasteiger partial charge in [0.2, 0.25) is 0 Å². The number of pyridine rings is 1. The van der Waals surface area contributed by atoms with Gasteiger partial charge in [-0.05, 0) is 47.0 Å². The van der Waals surface area contributed by atoms with Gasteiger partial charge in [0.1, 0.15) is 11.4 Å². The van der Waals surface area contributed by atoms with Gasteiger partial charge in [0, 0.05) is 37.1 Å². The number of nitrogens with one attached hydrogen (secondary N) is 2. The number of carbonyl (C=O) groups excluding carboxylic acids is 1. The fourth-order valence-corrected chi connectivity index (χ4v) is 4.19. The summed E-state index contributed by atoms with van der Waals surface area (Å²) in [5.41, 5.74) is 9.13. The van der Waals surface area contributed by atoms with Crippen LogP contribution in [0.25, 0.3) is 11.0 Å². The highest BCUT2D eigenvalue weighted by molar-refractivity contribution is 9.10. The molecular weight excluding hydrogens is 422 g/mol. The minimum Gasteiger partial charge on any atom is -0.497 e. The monoisotopic (exact) mass is 443 g/mol. The van der Waals surface area contributed by atoms with E-state index in [2.05, 4.69) is 36.1 Å². The van der Waals surface area contributed by atoms with E-state index in [1.54, 1.807) is 43.8 Å². The number of ether oxygens (including phenoxy) is 1. The third kappa shape index (κ3) is 3.57. The number of nitrogens with two attached hydrogens (primary N) is 1. The Morgan fingerprint density at radius 3 is 3.11 bits per heavy atom. The maximum atomic E-state index is 12.8. The van der Waals surface area contributed by atoms with Gasteiger partial charge < -0.3 is 25.7 Å². The van der Waals surface area contributed by atoms with Crippen LogP contribution in [0.3, 0.4) is 0 Å². The Morgan fingerprint density at radius 2 is 2.32 bits per heavy atom. The highest BCUT2D eigenvalue weighted by Gasteiger charge is 2.24. The number of carbonyl (C=O) groups is 1. The molecule has 28 heavy (non-hydrogen) atoms. The summed E-state index contributed by atoms with van der Waals surface area (Å²) < 4.78 is 6.09. The van der Waals surface area contributed by atoms with Gasteiger partial charge in [0.15, 0.2) is 0 Å². The van der Waals surface area contributed by atoms with Crippen LogP contribution in [-0.2, 0) is 0 Å². The molecule has 7 nitrogen and oxygen atoms in total. The topological polar surface area (TPSA) is 96.3 Å². The van der Waals surface area contributed by atoms with E-state index in [4.69, 9.17) is 10.5 Å². The van der Waals surface area contributed by atoms with Gasteiger partial charge in [0.25, 0.3) is 5.91 Å². The van der Waals surface area contributed by atoms with Crippen molar-refractivity contribution in [2.75, 3.05) is 30.4 Å². The molecule has 1 amide bonds. The summed E-state index contributed by atoms with van der Waals surface area (Å²) in [7, 11) is 1.58. The summed E-state index contributed by atoms with van der Waals surface area (Å²) in [5.74, 6) is 0.431. The van der Waals surface area contributed by atoms with Crippen molar-refractivity contribution in [2.45, 2.75) is 18.9 Å². The first-order valence-electron chi connectivity index (χ1n) is 9.18. The minimum atomic E-state index is -0.207. The predicted octanol–water partition coefficient (Wildman–Crippen LogP) is 3.51. The SMILES string of the molecule is COc1cccc(C(=O)Nc2c[nH]c3ncc(Br)c(N4CCC[C@@H](N)C4)c23)c1. The van der Waals surface area contributed by atoms with Crippen molar-refractivity contribution in [3.05, 3.63) is 46.7 Å². The molecule has 1 atom stereocenters. The smallest absolute Gasteiger partial charge is 0.255 e. The number of rotatable bonds is 4. The summed E-state index contributed by atoms with van der Waals surface area (Å²) >= 11 is 3.63. The molecule has 1 saturated heterocycles. The Hall–Kier alpha value is -2.58. The van der Waals surface area contributed by atoms with Crippen LogP contribution in [0.15, 0.2) is 41.1 Å². The van der Waals surface area contributed by atoms with Gasteiger partial charge in [-0.25, -0.2) is 4.98 Å². The van der Waals surface area contributed by atoms with Gasteiger partial charge >= 0.3 is 0 Å². The van der Waals surface area contributed by atoms with E-state index < -0.39 is 0 Å². The molecule has 0 saturated carbocycles. The molecular formula is C20H22BrN5O2. The molecule has 4 N–H and O–H groups in total. The number of nitrogens with zero attached hydrogens (tertiary/aromatic N) is 2. The third-order valence-corrected chi connectivity index (χ3v) is 5.56. The predicted molar refractivity (Wildman–Crippen MR) is 114 cm³/mol. The van der Waals surface area contributed by atoms with Crippen molar-refractivity contribution in [3.8, 4) is 5.75 Å². The first kappa shape index (κ1) is 18.8. The molecule has 0 radical (unpaired) electrons. The molecule has 146 valence electrons. The van der Waals surface area contributed by atoms with Crippen molar-refractivity contribution < 1.29 is 9.53 Å². The zero-order valence-electron chi connectivity index (χ0n) is 15.5. The maximum Gasteiger partial charge on any atom is 0.255 e. The van der Waals surface area contributed by atoms with Crippen molar-refractivity contribution >= 4 is 44.2 Å². The Kier molecular flexibility index (Phi) is 5.23. The van der Waals surface area contributed by atoms with E-state index in [1.807, 2.05) is 0 Å². The number of fused-ring (bicyclic) bond motifs is 1. The molecule has 0 unspecified atom stereocenters. The number of aromatic amines is 1. The van der Waals surface area contributed by atoms with Crippen LogP contribution >= 0.6 is 15.9 Å². The van der Waals surface area contributed by atoms with Gasteiger partial charge in [-0.2, -0.15) is 0 Å². The second-order valence-corrected chi connectivity index (χ2v) is 7.77. The molecule has 1 aliphatic heterocycles. The summed E-state index contributed by atoms with van der Waals surface area (Å²) in [6, 6.07) is 7.20. The van der Waals surface area contributed by atoms with Crippen LogP contribution in [-0.4, -0.2) is 42.1 Å². The van der Waals surface area contributed by atoms with Crippen LogP contribution < -0.4 is 20.7 Å². The van der Waals surface area contributed by atoms with E-state index in [-0.39, 0.29) is 11.9 Å². The lowest BCUT2D eigenvalue weighted by Crippen LogP contribution is -2.43. The normalized spacial score (nSPS) is 17.0. The molecule has 4 rings (SSSR count). The Balaban J connectivity index is 1.71. The number of amides is 1. The van der Waals surface area contributed by atoms with E-state index in [1.165, 1.54) is 0 Å². The van der Waals surface area contributed by atoms with Gasteiger partial charge in [-0.15, -0.1) is 0 Å². The lowest BCUT2D eigenvalue weighted by atomic mass is 10.1. The summed E-state index contributed by atoms with van der Waals surface area (Å²) in [6.07, 6.45) is 5.61. The molecule has 0 spiro atoms. The van der Waals surface area contributed by atoms with Gasteiger partial charge in [0.05, 0.1) is 28.3 Å². The molecule has 3 aromatic rings. The van der Waals surface area contributed by atoms with Crippen LogP contribution in [0.2, 0.25) is 0 Å². The second kappa shape index (κ2) is 7.81. The first-order valence-corrected chi connectivity index (χ1v) is 9.97. The van der Waals surface area contributed by atoms with Gasteiger partial charge in [-0.3, -0.25) is 4.79 Å². The number of aromatic nitrogens is 2. The van der Waals surface area contributed by atoms with E-state index in [9.17, 15) is 4.79 Å². The van der Waals surface area contributed by atoms with E-state index in [0.29, 0.717) is 17.0 Å². The molecule has 3 heterocycles. The van der Waals surface area contributed by atoms with E-state index in [0.717, 1.165) is 47.1 Å². The Labute approximate surface area is 171 Å². The fraction of sp³-hybridized carbons (Fsp3) is 0.300. The second-order valence-electron chi connectivity index (χ2n) is 6.92. The Morgan fingerprint density at radius 1 is 1.46 bits per heavy atom. The Bertz CT molecular complexity index is 1020. The molecule has 0 bridgehead atoms. The number of halogens is 1. The largest absolute Gasteiger partial charge is 0.497 e. The molecule has 1 aromatic carbocycles. The summed E-state index contributed by atoms with van der Waals surface area (Å²) in [5, 5.41) is 3.88. The minimum absolute atomic E-state index is 0.137. The maximum absolute atomic E-state index is 12.8. The molecule has 8 heteroatoms. The standard InChI is InChI=1S/C20H22BrN5O2/c1-28-14-6-2-4-12(8-14)20(27)25-16-10-24-19-17(16)18(15(21)9-23-19)26-7-3-5-13(22)11-26/h2,4,6,8-10,13H,3,5,7,11,22H2,1H3,(H,23,24)(H,25,27)/t13-/m1/s1. The van der Waals surface area contributed by atoms with Crippen molar-refractivity contribution in [3.63, 3.8) is 0 Å². The summed E-state index contributed by atoms with van der Waals surface area (Å²) in [6.45, 7) is 1.69. The number of benzene rings is 1. The number of H-pyrrole nitrogens is 1. The molecule has 1 aliphatic rings. The highest BCUT2D eigenvalue weighted by atomic mass is 79.9. The average Bonchev–Trinajstić information content (AvgIpc) is 3.10. The highest BCUT2D eigenvalue weighted by Crippen LogP contribution is 2.39. The zero-order valence-corrected chi connectivity index (χ0v) is 17.1.